The zero-order valence-corrected chi connectivity index (χ0v) is 25.0. The fourth-order valence-electron chi connectivity index (χ4n) is 7.30. The van der Waals surface area contributed by atoms with Gasteiger partial charge >= 0.3 is 12.1 Å². The van der Waals surface area contributed by atoms with Crippen molar-refractivity contribution in [1.29, 1.82) is 0 Å². The van der Waals surface area contributed by atoms with Gasteiger partial charge in [-0.25, -0.2) is 9.78 Å². The molecule has 42 heavy (non-hydrogen) atoms. The number of benzene rings is 1. The number of hydrogen-bond acceptors (Lipinski definition) is 10. The van der Waals surface area contributed by atoms with Crippen LogP contribution < -0.4 is 14.4 Å². The van der Waals surface area contributed by atoms with E-state index < -0.39 is 5.60 Å². The third-order valence-corrected chi connectivity index (χ3v) is 9.20. The van der Waals surface area contributed by atoms with E-state index >= 15 is 0 Å². The van der Waals surface area contributed by atoms with Crippen molar-refractivity contribution in [3.63, 3.8) is 0 Å². The molecule has 3 aromatic rings. The summed E-state index contributed by atoms with van der Waals surface area (Å²) in [4.78, 5) is 34.3. The highest BCUT2D eigenvalue weighted by atomic mass is 16.6. The average molecular weight is 577 g/mol. The molecule has 6 heterocycles. The van der Waals surface area contributed by atoms with Crippen molar-refractivity contribution in [2.45, 2.75) is 82.5 Å². The smallest absolute Gasteiger partial charge is 0.410 e. The van der Waals surface area contributed by atoms with E-state index in [9.17, 15) is 4.79 Å². The van der Waals surface area contributed by atoms with Crippen LogP contribution in [0, 0.1) is 0 Å². The first-order chi connectivity index (χ1) is 20.2. The fraction of sp³-hybridized carbons (Fsp3) is 0.613. The first kappa shape index (κ1) is 27.2. The molecule has 1 amide bonds. The molecule has 2 bridgehead atoms. The quantitative estimate of drug-likeness (QED) is 0.403. The maximum atomic E-state index is 13.1. The van der Waals surface area contributed by atoms with Crippen LogP contribution in [0.15, 0.2) is 28.7 Å². The number of nitrogens with zero attached hydrogens (tertiary/aromatic N) is 6. The van der Waals surface area contributed by atoms with E-state index in [0.717, 1.165) is 50.1 Å². The summed E-state index contributed by atoms with van der Waals surface area (Å²) in [5, 5.41) is 0. The molecule has 4 fully saturated rings. The Morgan fingerprint density at radius 2 is 1.81 bits per heavy atom. The number of anilines is 1. The minimum atomic E-state index is -0.538. The Bertz CT molecular complexity index is 1460. The zero-order chi connectivity index (χ0) is 29.1. The van der Waals surface area contributed by atoms with Crippen LogP contribution in [-0.4, -0.2) is 94.0 Å². The van der Waals surface area contributed by atoms with E-state index in [-0.39, 0.29) is 23.7 Å². The number of carbonyl (C=O) groups is 1. The number of fused-ring (bicyclic) bond motifs is 4. The molecule has 0 saturated carbocycles. The number of methoxy groups -OCH3 is 1. The van der Waals surface area contributed by atoms with Gasteiger partial charge in [0, 0.05) is 18.7 Å². The Hall–Kier alpha value is -3.60. The lowest BCUT2D eigenvalue weighted by Gasteiger charge is -2.41. The molecule has 224 valence electrons. The number of hydrogen-bond donors (Lipinski definition) is 0. The number of oxazole rings is 1. The van der Waals surface area contributed by atoms with Gasteiger partial charge in [-0.15, -0.1) is 0 Å². The van der Waals surface area contributed by atoms with Gasteiger partial charge in [0.15, 0.2) is 11.3 Å². The Morgan fingerprint density at radius 3 is 2.50 bits per heavy atom. The molecule has 7 rings (SSSR count). The molecule has 1 aromatic carbocycles. The number of ether oxygens (including phenoxy) is 3. The topological polar surface area (TPSA) is 106 Å². The van der Waals surface area contributed by atoms with Gasteiger partial charge in [0.05, 0.1) is 24.7 Å². The molecule has 4 aliphatic heterocycles. The second kappa shape index (κ2) is 10.3. The first-order valence-electron chi connectivity index (χ1n) is 15.2. The van der Waals surface area contributed by atoms with Gasteiger partial charge in [-0.1, -0.05) is 6.07 Å². The predicted octanol–water partition coefficient (Wildman–Crippen LogP) is 4.89. The molecule has 11 heteroatoms. The van der Waals surface area contributed by atoms with Gasteiger partial charge in [-0.05, 0) is 90.6 Å². The molecular weight excluding hydrogens is 536 g/mol. The van der Waals surface area contributed by atoms with Crippen LogP contribution in [0.1, 0.15) is 59.3 Å². The number of amides is 1. The number of piperazine rings is 1. The normalized spacial score (nSPS) is 23.4. The van der Waals surface area contributed by atoms with Gasteiger partial charge < -0.3 is 23.5 Å². The maximum Gasteiger partial charge on any atom is 0.410 e. The number of aromatic nitrogens is 3. The fourth-order valence-corrected chi connectivity index (χ4v) is 7.30. The second-order valence-corrected chi connectivity index (χ2v) is 13.1. The van der Waals surface area contributed by atoms with E-state index in [1.165, 1.54) is 12.8 Å². The molecule has 4 aliphatic rings. The lowest BCUT2D eigenvalue weighted by molar-refractivity contribution is 0.0122. The summed E-state index contributed by atoms with van der Waals surface area (Å²) >= 11 is 0. The third kappa shape index (κ3) is 4.91. The molecule has 0 radical (unpaired) electrons. The van der Waals surface area contributed by atoms with Crippen molar-refractivity contribution >= 4 is 23.1 Å². The van der Waals surface area contributed by atoms with Gasteiger partial charge in [0.1, 0.15) is 18.0 Å². The summed E-state index contributed by atoms with van der Waals surface area (Å²) in [6.45, 7) is 9.79. The summed E-state index contributed by atoms with van der Waals surface area (Å²) in [6.07, 6.45) is 6.27. The molecule has 11 nitrogen and oxygen atoms in total. The van der Waals surface area contributed by atoms with Crippen LogP contribution in [0.25, 0.3) is 22.7 Å². The van der Waals surface area contributed by atoms with Crippen LogP contribution in [0.2, 0.25) is 0 Å². The largest absolute Gasteiger partial charge is 0.497 e. The second-order valence-electron chi connectivity index (χ2n) is 13.1. The Kier molecular flexibility index (Phi) is 6.67. The van der Waals surface area contributed by atoms with Crippen LogP contribution in [0.4, 0.5) is 10.6 Å². The molecule has 0 N–H and O–H groups in total. The average Bonchev–Trinajstić information content (AvgIpc) is 3.72. The predicted molar refractivity (Wildman–Crippen MR) is 157 cm³/mol. The Balaban J connectivity index is 1.22. The van der Waals surface area contributed by atoms with Gasteiger partial charge in [-0.2, -0.15) is 9.97 Å². The molecule has 2 aromatic heterocycles. The number of rotatable bonds is 6. The summed E-state index contributed by atoms with van der Waals surface area (Å²) in [7, 11) is 1.64. The maximum absolute atomic E-state index is 13.1. The van der Waals surface area contributed by atoms with Gasteiger partial charge in [-0.3, -0.25) is 9.80 Å². The minimum Gasteiger partial charge on any atom is -0.497 e. The molecule has 0 spiro atoms. The van der Waals surface area contributed by atoms with Crippen molar-refractivity contribution < 1.29 is 23.4 Å². The summed E-state index contributed by atoms with van der Waals surface area (Å²) in [5.74, 6) is 1.85. The number of carbonyl (C=O) groups excluding carboxylic acids is 1. The van der Waals surface area contributed by atoms with Crippen LogP contribution >= 0.6 is 0 Å². The molecule has 2 atom stereocenters. The van der Waals surface area contributed by atoms with Gasteiger partial charge in [0.25, 0.3) is 5.71 Å². The standard InChI is InChI=1S/C31H40N6O5/c1-30(2,3)42-29(38)37-21-10-11-22(37)18-35(17-21)25-24-27(41-26(32-24)20-8-5-9-23(16-20)39-4)34-28(33-25)40-19-31-12-6-14-36(31)15-7-13-31/h5,8-9,16,21-22H,6-7,10-15,17-19H2,1-4H3. The van der Waals surface area contributed by atoms with E-state index in [4.69, 9.17) is 33.6 Å². The SMILES string of the molecule is COc1cccc(-c2nc3c(N4CC5CCC(C4)N5C(=O)OC(C)(C)C)nc(OCC45CCCN4CCC5)nc3o2)c1. The minimum absolute atomic E-state index is 0.0298. The van der Waals surface area contributed by atoms with Crippen molar-refractivity contribution in [2.75, 3.05) is 44.8 Å². The van der Waals surface area contributed by atoms with Crippen molar-refractivity contribution in [2.24, 2.45) is 0 Å². The first-order valence-corrected chi connectivity index (χ1v) is 15.2. The molecular formula is C31H40N6O5. The zero-order valence-electron chi connectivity index (χ0n) is 25.0. The van der Waals surface area contributed by atoms with Crippen molar-refractivity contribution in [1.82, 2.24) is 24.8 Å². The summed E-state index contributed by atoms with van der Waals surface area (Å²) < 4.78 is 23.8. The Labute approximate surface area is 246 Å². The van der Waals surface area contributed by atoms with Gasteiger partial charge in [0.2, 0.25) is 5.89 Å². The van der Waals surface area contributed by atoms with E-state index in [1.807, 2.05) is 49.9 Å². The van der Waals surface area contributed by atoms with Crippen LogP contribution in [0.5, 0.6) is 11.8 Å². The van der Waals surface area contributed by atoms with Crippen LogP contribution in [-0.2, 0) is 4.74 Å². The molecule has 2 unspecified atom stereocenters. The van der Waals surface area contributed by atoms with E-state index in [2.05, 4.69) is 9.80 Å². The van der Waals surface area contributed by atoms with Crippen LogP contribution in [0.3, 0.4) is 0 Å². The molecule has 0 aliphatic carbocycles. The van der Waals surface area contributed by atoms with E-state index in [1.54, 1.807) is 7.11 Å². The van der Waals surface area contributed by atoms with E-state index in [0.29, 0.717) is 48.6 Å². The highest BCUT2D eigenvalue weighted by Gasteiger charge is 2.46. The summed E-state index contributed by atoms with van der Waals surface area (Å²) in [6, 6.07) is 7.99. The molecule has 4 saturated heterocycles. The third-order valence-electron chi connectivity index (χ3n) is 9.20. The summed E-state index contributed by atoms with van der Waals surface area (Å²) in [5.41, 5.74) is 1.31. The monoisotopic (exact) mass is 576 g/mol. The van der Waals surface area contributed by atoms with Crippen molar-refractivity contribution in [3.8, 4) is 23.2 Å². The highest BCUT2D eigenvalue weighted by molar-refractivity contribution is 5.85. The lowest BCUT2D eigenvalue weighted by atomic mass is 9.95. The van der Waals surface area contributed by atoms with Crippen molar-refractivity contribution in [3.05, 3.63) is 24.3 Å². The highest BCUT2D eigenvalue weighted by Crippen LogP contribution is 2.40. The Morgan fingerprint density at radius 1 is 1.07 bits per heavy atom. The lowest BCUT2D eigenvalue weighted by Crippen LogP contribution is -2.57.